The van der Waals surface area contributed by atoms with Gasteiger partial charge in [0.2, 0.25) is 5.13 Å². The molecule has 0 radical (unpaired) electrons. The van der Waals surface area contributed by atoms with E-state index in [1.54, 1.807) is 11.3 Å². The smallest absolute Gasteiger partial charge is 0.208 e. The largest absolute Gasteiger partial charge is 0.345 e. The molecule has 4 heterocycles. The highest BCUT2D eigenvalue weighted by Crippen LogP contribution is 2.32. The lowest BCUT2D eigenvalue weighted by atomic mass is 9.95. The molecule has 3 fully saturated rings. The minimum absolute atomic E-state index is 0.729. The molecule has 0 N–H and O–H groups in total. The summed E-state index contributed by atoms with van der Waals surface area (Å²) in [5, 5.41) is 11.1. The van der Waals surface area contributed by atoms with Gasteiger partial charge in [0.25, 0.3) is 0 Å². The third kappa shape index (κ3) is 2.98. The summed E-state index contributed by atoms with van der Waals surface area (Å²) < 4.78 is 0. The van der Waals surface area contributed by atoms with Crippen LogP contribution in [0.1, 0.15) is 44.5 Å². The van der Waals surface area contributed by atoms with Gasteiger partial charge in [0, 0.05) is 32.1 Å². The van der Waals surface area contributed by atoms with Crippen LogP contribution in [0.15, 0.2) is 0 Å². The average molecular weight is 294 g/mol. The summed E-state index contributed by atoms with van der Waals surface area (Å²) in [6, 6.07) is 0.729. The number of aryl methyl sites for hydroxylation is 1. The van der Waals surface area contributed by atoms with Crippen molar-refractivity contribution < 1.29 is 0 Å². The Morgan fingerprint density at radius 3 is 2.80 bits per heavy atom. The fourth-order valence-electron chi connectivity index (χ4n) is 3.58. The molecule has 1 aromatic rings. The molecule has 0 spiro atoms. The van der Waals surface area contributed by atoms with Crippen LogP contribution >= 0.6 is 11.3 Å². The Labute approximate surface area is 126 Å². The standard InChI is InChI=1S/C15H26N4S/c1-3-5-14-16-17-15(20-14)19-10-12-6-7-13(11-19)18(9-12)8-4-2/h12-13H,3-11H2,1-2H3/t12-,13-/m0/s1. The third-order valence-electron chi connectivity index (χ3n) is 4.53. The quantitative estimate of drug-likeness (QED) is 0.836. The summed E-state index contributed by atoms with van der Waals surface area (Å²) in [5.41, 5.74) is 0. The summed E-state index contributed by atoms with van der Waals surface area (Å²) in [4.78, 5) is 5.22. The second-order valence-electron chi connectivity index (χ2n) is 6.23. The van der Waals surface area contributed by atoms with Gasteiger partial charge in [0.1, 0.15) is 5.01 Å². The van der Waals surface area contributed by atoms with Crippen LogP contribution in [0.5, 0.6) is 0 Å². The first-order valence-corrected chi connectivity index (χ1v) is 8.93. The van der Waals surface area contributed by atoms with Gasteiger partial charge in [-0.3, -0.25) is 4.90 Å². The number of nitrogens with zero attached hydrogens (tertiary/aromatic N) is 4. The molecule has 4 rings (SSSR count). The normalized spacial score (nSPS) is 27.0. The third-order valence-corrected chi connectivity index (χ3v) is 5.57. The van der Waals surface area contributed by atoms with Crippen LogP contribution in [-0.2, 0) is 6.42 Å². The van der Waals surface area contributed by atoms with E-state index in [0.29, 0.717) is 0 Å². The molecule has 2 atom stereocenters. The van der Waals surface area contributed by atoms with E-state index in [-0.39, 0.29) is 0 Å². The Hall–Kier alpha value is -0.680. The van der Waals surface area contributed by atoms with E-state index in [0.717, 1.165) is 36.5 Å². The molecular weight excluding hydrogens is 268 g/mol. The van der Waals surface area contributed by atoms with Crippen molar-refractivity contribution in [2.75, 3.05) is 31.1 Å². The molecule has 112 valence electrons. The summed E-state index contributed by atoms with van der Waals surface area (Å²) in [5.74, 6) is 0.818. The number of aromatic nitrogens is 2. The molecule has 1 aromatic heterocycles. The van der Waals surface area contributed by atoms with E-state index in [1.807, 2.05) is 0 Å². The number of hydrogen-bond donors (Lipinski definition) is 0. The molecule has 20 heavy (non-hydrogen) atoms. The highest BCUT2D eigenvalue weighted by Gasteiger charge is 2.35. The second kappa shape index (κ2) is 6.39. The number of hydrogen-bond acceptors (Lipinski definition) is 5. The Balaban J connectivity index is 1.71. The van der Waals surface area contributed by atoms with Crippen LogP contribution in [0.3, 0.4) is 0 Å². The predicted octanol–water partition coefficient (Wildman–Crippen LogP) is 2.80. The second-order valence-corrected chi connectivity index (χ2v) is 7.27. The molecule has 2 bridgehead atoms. The van der Waals surface area contributed by atoms with Gasteiger partial charge in [-0.2, -0.15) is 0 Å². The highest BCUT2D eigenvalue weighted by molar-refractivity contribution is 7.15. The van der Waals surface area contributed by atoms with E-state index in [4.69, 9.17) is 0 Å². The van der Waals surface area contributed by atoms with Crippen molar-refractivity contribution in [2.45, 2.75) is 52.0 Å². The predicted molar refractivity (Wildman–Crippen MR) is 84.5 cm³/mol. The van der Waals surface area contributed by atoms with Crippen molar-refractivity contribution in [1.29, 1.82) is 0 Å². The molecular formula is C15H26N4S. The molecule has 3 aliphatic rings. The van der Waals surface area contributed by atoms with Crippen molar-refractivity contribution in [3.8, 4) is 0 Å². The average Bonchev–Trinajstić information content (AvgIpc) is 2.72. The zero-order valence-electron chi connectivity index (χ0n) is 12.7. The van der Waals surface area contributed by atoms with Gasteiger partial charge in [0.05, 0.1) is 0 Å². The molecule has 3 saturated heterocycles. The lowest BCUT2D eigenvalue weighted by molar-refractivity contribution is 0.134. The first-order valence-electron chi connectivity index (χ1n) is 8.11. The molecule has 5 heteroatoms. The molecule has 0 aliphatic carbocycles. The van der Waals surface area contributed by atoms with E-state index in [2.05, 4.69) is 33.8 Å². The fourth-order valence-corrected chi connectivity index (χ4v) is 4.54. The van der Waals surface area contributed by atoms with Gasteiger partial charge >= 0.3 is 0 Å². The van der Waals surface area contributed by atoms with Crippen molar-refractivity contribution in [1.82, 2.24) is 15.1 Å². The Bertz CT molecular complexity index is 433. The minimum Gasteiger partial charge on any atom is -0.345 e. The van der Waals surface area contributed by atoms with E-state index < -0.39 is 0 Å². The summed E-state index contributed by atoms with van der Waals surface area (Å²) in [7, 11) is 0. The highest BCUT2D eigenvalue weighted by atomic mass is 32.1. The minimum atomic E-state index is 0.729. The molecule has 4 nitrogen and oxygen atoms in total. The Kier molecular flexibility index (Phi) is 4.56. The molecule has 0 amide bonds. The van der Waals surface area contributed by atoms with Crippen LogP contribution in [0.2, 0.25) is 0 Å². The first kappa shape index (κ1) is 14.3. The summed E-state index contributed by atoms with van der Waals surface area (Å²) >= 11 is 1.80. The van der Waals surface area contributed by atoms with Crippen LogP contribution in [-0.4, -0.2) is 47.3 Å². The number of piperidine rings is 1. The van der Waals surface area contributed by atoms with Gasteiger partial charge in [-0.05, 0) is 38.1 Å². The van der Waals surface area contributed by atoms with E-state index >= 15 is 0 Å². The van der Waals surface area contributed by atoms with Crippen LogP contribution in [0.4, 0.5) is 5.13 Å². The Morgan fingerprint density at radius 1 is 1.10 bits per heavy atom. The maximum Gasteiger partial charge on any atom is 0.208 e. The van der Waals surface area contributed by atoms with Gasteiger partial charge in [-0.1, -0.05) is 25.2 Å². The first-order chi connectivity index (χ1) is 9.80. The maximum absolute atomic E-state index is 4.44. The molecule has 3 aliphatic heterocycles. The van der Waals surface area contributed by atoms with Crippen molar-refractivity contribution in [2.24, 2.45) is 5.92 Å². The number of fused-ring (bicyclic) bond motifs is 4. The number of anilines is 1. The van der Waals surface area contributed by atoms with Crippen molar-refractivity contribution in [3.63, 3.8) is 0 Å². The molecule has 0 saturated carbocycles. The van der Waals surface area contributed by atoms with Gasteiger partial charge in [-0.15, -0.1) is 10.2 Å². The topological polar surface area (TPSA) is 32.3 Å². The zero-order chi connectivity index (χ0) is 13.9. The summed E-state index contributed by atoms with van der Waals surface area (Å²) in [6.07, 6.45) is 6.25. The zero-order valence-corrected chi connectivity index (χ0v) is 13.5. The van der Waals surface area contributed by atoms with Gasteiger partial charge in [-0.25, -0.2) is 0 Å². The van der Waals surface area contributed by atoms with Crippen molar-refractivity contribution in [3.05, 3.63) is 5.01 Å². The SMILES string of the molecule is CCCc1nnc(N2C[C@H]3CC[C@@H](C2)N(CCC)C3)s1. The van der Waals surface area contributed by atoms with Crippen molar-refractivity contribution >= 4 is 16.5 Å². The summed E-state index contributed by atoms with van der Waals surface area (Å²) in [6.45, 7) is 9.37. The maximum atomic E-state index is 4.44. The van der Waals surface area contributed by atoms with Gasteiger partial charge < -0.3 is 4.90 Å². The molecule has 0 unspecified atom stereocenters. The van der Waals surface area contributed by atoms with Gasteiger partial charge in [0.15, 0.2) is 0 Å². The fraction of sp³-hybridized carbons (Fsp3) is 0.867. The lowest BCUT2D eigenvalue weighted by Crippen LogP contribution is -2.44. The number of rotatable bonds is 5. The van der Waals surface area contributed by atoms with Crippen LogP contribution in [0.25, 0.3) is 0 Å². The Morgan fingerprint density at radius 2 is 2.00 bits per heavy atom. The molecule has 0 aromatic carbocycles. The van der Waals surface area contributed by atoms with Crippen LogP contribution < -0.4 is 4.90 Å². The van der Waals surface area contributed by atoms with E-state index in [1.165, 1.54) is 43.9 Å². The lowest BCUT2D eigenvalue weighted by Gasteiger charge is -2.35. The monoisotopic (exact) mass is 294 g/mol. The van der Waals surface area contributed by atoms with E-state index in [9.17, 15) is 0 Å². The van der Waals surface area contributed by atoms with Crippen LogP contribution in [0, 0.1) is 5.92 Å².